The number of hydrogen-bond acceptors (Lipinski definition) is 3. The van der Waals surface area contributed by atoms with Gasteiger partial charge in [0, 0.05) is 36.8 Å². The number of hydrogen-bond donors (Lipinski definition) is 2. The summed E-state index contributed by atoms with van der Waals surface area (Å²) in [6, 6.07) is 8.12. The van der Waals surface area contributed by atoms with Gasteiger partial charge in [-0.15, -0.1) is 12.4 Å². The summed E-state index contributed by atoms with van der Waals surface area (Å²) in [4.78, 5) is 0. The number of benzene rings is 1. The molecule has 1 saturated heterocycles. The van der Waals surface area contributed by atoms with Crippen molar-refractivity contribution in [2.75, 3.05) is 26.7 Å². The molecule has 3 atom stereocenters. The van der Waals surface area contributed by atoms with Crippen LogP contribution in [0.1, 0.15) is 31.9 Å². The molecule has 3 unspecified atom stereocenters. The summed E-state index contributed by atoms with van der Waals surface area (Å²) in [6.45, 7) is 7.67. The Bertz CT molecular complexity index is 436. The average molecular weight is 333 g/mol. The van der Waals surface area contributed by atoms with Crippen molar-refractivity contribution in [2.24, 2.45) is 5.41 Å². The Labute approximate surface area is 139 Å². The van der Waals surface area contributed by atoms with Crippen LogP contribution < -0.4 is 10.6 Å². The van der Waals surface area contributed by atoms with Gasteiger partial charge >= 0.3 is 0 Å². The van der Waals surface area contributed by atoms with Crippen molar-refractivity contribution in [3.63, 3.8) is 0 Å². The Morgan fingerprint density at radius 3 is 2.71 bits per heavy atom. The maximum Gasteiger partial charge on any atom is 0.0985 e. The standard InChI is InChI=1S/C16H25ClN2O.ClH/c1-12(19-11-16(2)8-9-18-10-16)15(20-3)13-6-4-5-7-14(13)17;/h4-7,12,15,18-19H,8-11H2,1-3H3;1H. The molecule has 0 bridgehead atoms. The summed E-state index contributed by atoms with van der Waals surface area (Å²) in [7, 11) is 1.74. The molecule has 0 radical (unpaired) electrons. The molecular formula is C16H26Cl2N2O. The van der Waals surface area contributed by atoms with E-state index in [9.17, 15) is 0 Å². The van der Waals surface area contributed by atoms with Gasteiger partial charge in [0.05, 0.1) is 6.10 Å². The zero-order valence-corrected chi connectivity index (χ0v) is 14.6. The van der Waals surface area contributed by atoms with E-state index < -0.39 is 0 Å². The Hall–Kier alpha value is -0.320. The maximum atomic E-state index is 6.28. The van der Waals surface area contributed by atoms with Crippen LogP contribution in [0.4, 0.5) is 0 Å². The molecule has 5 heteroatoms. The molecule has 0 spiro atoms. The van der Waals surface area contributed by atoms with E-state index in [0.717, 1.165) is 30.2 Å². The molecule has 1 fully saturated rings. The lowest BCUT2D eigenvalue weighted by atomic mass is 9.89. The van der Waals surface area contributed by atoms with Crippen LogP contribution in [-0.2, 0) is 4.74 Å². The highest BCUT2D eigenvalue weighted by Gasteiger charge is 2.30. The minimum Gasteiger partial charge on any atom is -0.375 e. The number of nitrogens with one attached hydrogen (secondary N) is 2. The monoisotopic (exact) mass is 332 g/mol. The van der Waals surface area contributed by atoms with Crippen molar-refractivity contribution in [1.29, 1.82) is 0 Å². The van der Waals surface area contributed by atoms with E-state index in [1.807, 2.05) is 24.3 Å². The van der Waals surface area contributed by atoms with E-state index in [1.165, 1.54) is 6.42 Å². The molecule has 1 aromatic rings. The van der Waals surface area contributed by atoms with Crippen molar-refractivity contribution in [3.05, 3.63) is 34.9 Å². The minimum atomic E-state index is -0.0262. The maximum absolute atomic E-state index is 6.28. The van der Waals surface area contributed by atoms with Crippen LogP contribution in [0, 0.1) is 5.41 Å². The van der Waals surface area contributed by atoms with Gasteiger partial charge in [0.2, 0.25) is 0 Å². The van der Waals surface area contributed by atoms with Crippen LogP contribution in [-0.4, -0.2) is 32.8 Å². The molecule has 21 heavy (non-hydrogen) atoms. The molecule has 1 aliphatic heterocycles. The van der Waals surface area contributed by atoms with E-state index in [2.05, 4.69) is 24.5 Å². The SMILES string of the molecule is COC(c1ccccc1Cl)C(C)NCC1(C)CCNC1.Cl. The Morgan fingerprint density at radius 2 is 2.14 bits per heavy atom. The fourth-order valence-corrected chi connectivity index (χ4v) is 3.08. The van der Waals surface area contributed by atoms with Gasteiger partial charge in [-0.2, -0.15) is 0 Å². The topological polar surface area (TPSA) is 33.3 Å². The van der Waals surface area contributed by atoms with Crippen molar-refractivity contribution >= 4 is 24.0 Å². The van der Waals surface area contributed by atoms with Gasteiger partial charge in [0.25, 0.3) is 0 Å². The van der Waals surface area contributed by atoms with Crippen LogP contribution in [0.5, 0.6) is 0 Å². The highest BCUT2D eigenvalue weighted by Crippen LogP contribution is 2.29. The number of rotatable bonds is 6. The summed E-state index contributed by atoms with van der Waals surface area (Å²) < 4.78 is 5.66. The fraction of sp³-hybridized carbons (Fsp3) is 0.625. The molecule has 2 rings (SSSR count). The molecule has 0 amide bonds. The first-order valence-corrected chi connectivity index (χ1v) is 7.65. The lowest BCUT2D eigenvalue weighted by Gasteiger charge is -2.30. The molecule has 1 heterocycles. The first-order chi connectivity index (χ1) is 9.56. The van der Waals surface area contributed by atoms with Gasteiger partial charge < -0.3 is 15.4 Å². The molecule has 3 nitrogen and oxygen atoms in total. The summed E-state index contributed by atoms with van der Waals surface area (Å²) in [5.41, 5.74) is 1.39. The van der Waals surface area contributed by atoms with E-state index in [-0.39, 0.29) is 24.6 Å². The third-order valence-electron chi connectivity index (χ3n) is 4.23. The van der Waals surface area contributed by atoms with Gasteiger partial charge in [0.1, 0.15) is 0 Å². The summed E-state index contributed by atoms with van der Waals surface area (Å²) in [6.07, 6.45) is 1.19. The van der Waals surface area contributed by atoms with Crippen molar-refractivity contribution in [1.82, 2.24) is 10.6 Å². The summed E-state index contributed by atoms with van der Waals surface area (Å²) in [5.74, 6) is 0. The normalized spacial score (nSPS) is 24.4. The average Bonchev–Trinajstić information content (AvgIpc) is 2.87. The Kier molecular flexibility index (Phi) is 7.45. The highest BCUT2D eigenvalue weighted by atomic mass is 35.5. The van der Waals surface area contributed by atoms with Crippen LogP contribution in [0.3, 0.4) is 0 Å². The van der Waals surface area contributed by atoms with E-state index >= 15 is 0 Å². The lowest BCUT2D eigenvalue weighted by Crippen LogP contribution is -2.41. The van der Waals surface area contributed by atoms with Gasteiger partial charge in [0.15, 0.2) is 0 Å². The van der Waals surface area contributed by atoms with Crippen LogP contribution in [0.25, 0.3) is 0 Å². The van der Waals surface area contributed by atoms with Crippen LogP contribution in [0.15, 0.2) is 24.3 Å². The van der Waals surface area contributed by atoms with Gasteiger partial charge in [-0.1, -0.05) is 36.7 Å². The van der Waals surface area contributed by atoms with Crippen molar-refractivity contribution < 1.29 is 4.74 Å². The molecule has 2 N–H and O–H groups in total. The highest BCUT2D eigenvalue weighted by molar-refractivity contribution is 6.31. The first-order valence-electron chi connectivity index (χ1n) is 7.27. The number of ether oxygens (including phenoxy) is 1. The van der Waals surface area contributed by atoms with E-state index in [1.54, 1.807) is 7.11 Å². The second kappa shape index (κ2) is 8.35. The van der Waals surface area contributed by atoms with Crippen molar-refractivity contribution in [3.8, 4) is 0 Å². The lowest BCUT2D eigenvalue weighted by molar-refractivity contribution is 0.0699. The summed E-state index contributed by atoms with van der Waals surface area (Å²) in [5, 5.41) is 7.81. The first kappa shape index (κ1) is 18.7. The minimum absolute atomic E-state index is 0. The second-order valence-corrected chi connectivity index (χ2v) is 6.49. The molecule has 1 aromatic carbocycles. The third-order valence-corrected chi connectivity index (χ3v) is 4.57. The van der Waals surface area contributed by atoms with Gasteiger partial charge in [-0.3, -0.25) is 0 Å². The zero-order chi connectivity index (χ0) is 14.6. The predicted octanol–water partition coefficient (Wildman–Crippen LogP) is 3.43. The third kappa shape index (κ3) is 4.83. The van der Waals surface area contributed by atoms with Crippen LogP contribution in [0.2, 0.25) is 5.02 Å². The molecule has 0 saturated carbocycles. The fourth-order valence-electron chi connectivity index (χ4n) is 2.84. The van der Waals surface area contributed by atoms with Gasteiger partial charge in [-0.05, 0) is 31.4 Å². The second-order valence-electron chi connectivity index (χ2n) is 6.08. The molecule has 120 valence electrons. The molecule has 1 aliphatic rings. The predicted molar refractivity (Wildman–Crippen MR) is 91.5 cm³/mol. The van der Waals surface area contributed by atoms with Gasteiger partial charge in [-0.25, -0.2) is 0 Å². The smallest absolute Gasteiger partial charge is 0.0985 e. The largest absolute Gasteiger partial charge is 0.375 e. The van der Waals surface area contributed by atoms with Crippen molar-refractivity contribution in [2.45, 2.75) is 32.4 Å². The molecule has 0 aliphatic carbocycles. The number of methoxy groups -OCH3 is 1. The summed E-state index contributed by atoms with van der Waals surface area (Å²) >= 11 is 6.28. The Balaban J connectivity index is 0.00000220. The number of halogens is 2. The van der Waals surface area contributed by atoms with E-state index in [0.29, 0.717) is 5.41 Å². The van der Waals surface area contributed by atoms with Crippen LogP contribution >= 0.6 is 24.0 Å². The molecule has 0 aromatic heterocycles. The quantitative estimate of drug-likeness (QED) is 0.837. The zero-order valence-electron chi connectivity index (χ0n) is 13.0. The van der Waals surface area contributed by atoms with E-state index in [4.69, 9.17) is 16.3 Å². The Morgan fingerprint density at radius 1 is 1.43 bits per heavy atom. The molecular weight excluding hydrogens is 307 g/mol.